The monoisotopic (exact) mass is 487 g/mol. The lowest BCUT2D eigenvalue weighted by molar-refractivity contribution is 0.0575. The highest BCUT2D eigenvalue weighted by molar-refractivity contribution is 6.31. The van der Waals surface area contributed by atoms with Crippen LogP contribution in [-0.2, 0) is 4.74 Å². The van der Waals surface area contributed by atoms with Gasteiger partial charge in [0.05, 0.1) is 12.2 Å². The van der Waals surface area contributed by atoms with Crippen LogP contribution in [0.5, 0.6) is 5.75 Å². The number of benzene rings is 1. The zero-order chi connectivity index (χ0) is 24.6. The number of carbonyl (C=O) groups excluding carboxylic acids is 2. The molecule has 7 nitrogen and oxygen atoms in total. The van der Waals surface area contributed by atoms with E-state index >= 15 is 0 Å². The predicted octanol–water partition coefficient (Wildman–Crippen LogP) is 5.87. The van der Waals surface area contributed by atoms with Gasteiger partial charge in [-0.25, -0.2) is 4.79 Å². The molecule has 1 aromatic heterocycles. The lowest BCUT2D eigenvalue weighted by Crippen LogP contribution is -2.39. The van der Waals surface area contributed by atoms with Crippen LogP contribution in [0.3, 0.4) is 0 Å². The molecule has 1 fully saturated rings. The van der Waals surface area contributed by atoms with Crippen molar-refractivity contribution in [2.75, 3.05) is 24.6 Å². The second-order valence-electron chi connectivity index (χ2n) is 9.58. The third kappa shape index (κ3) is 8.20. The maximum absolute atomic E-state index is 12.8. The molecule has 184 valence electrons. The first-order valence-corrected chi connectivity index (χ1v) is 12.2. The number of carbonyl (C=O) groups is 2. The maximum atomic E-state index is 12.8. The fraction of sp³-hybridized carbons (Fsp3) is 0.500. The molecule has 1 heterocycles. The number of nitrogens with zero attached hydrogens (tertiary/aromatic N) is 2. The van der Waals surface area contributed by atoms with E-state index in [-0.39, 0.29) is 19.1 Å². The van der Waals surface area contributed by atoms with Crippen molar-refractivity contribution in [3.63, 3.8) is 0 Å². The van der Waals surface area contributed by atoms with Crippen LogP contribution in [0.15, 0.2) is 42.7 Å². The zero-order valence-electron chi connectivity index (χ0n) is 20.2. The molecule has 0 atom stereocenters. The lowest BCUT2D eigenvalue weighted by Gasteiger charge is -2.27. The average Bonchev–Trinajstić information content (AvgIpc) is 2.80. The van der Waals surface area contributed by atoms with E-state index in [2.05, 4.69) is 10.3 Å². The Morgan fingerprint density at radius 3 is 2.50 bits per heavy atom. The molecule has 2 amide bonds. The van der Waals surface area contributed by atoms with Crippen LogP contribution in [-0.4, -0.2) is 42.3 Å². The Kier molecular flexibility index (Phi) is 9.16. The summed E-state index contributed by atoms with van der Waals surface area (Å²) < 4.78 is 11.4. The number of hydrogen-bond donors (Lipinski definition) is 1. The second kappa shape index (κ2) is 12.1. The summed E-state index contributed by atoms with van der Waals surface area (Å²) in [6.45, 7) is 6.56. The first-order valence-electron chi connectivity index (χ1n) is 11.8. The van der Waals surface area contributed by atoms with Gasteiger partial charge in [0.25, 0.3) is 5.91 Å². The van der Waals surface area contributed by atoms with Gasteiger partial charge in [-0.15, -0.1) is 0 Å². The third-order valence-electron chi connectivity index (χ3n) is 5.58. The molecule has 1 aliphatic rings. The Hall–Kier alpha value is -2.80. The van der Waals surface area contributed by atoms with Gasteiger partial charge in [-0.2, -0.15) is 0 Å². The molecule has 0 spiro atoms. The predicted molar refractivity (Wildman–Crippen MR) is 134 cm³/mol. The molecule has 0 radical (unpaired) electrons. The van der Waals surface area contributed by atoms with E-state index in [0.717, 1.165) is 12.8 Å². The van der Waals surface area contributed by atoms with Gasteiger partial charge >= 0.3 is 6.09 Å². The van der Waals surface area contributed by atoms with Crippen LogP contribution in [0.25, 0.3) is 0 Å². The minimum Gasteiger partial charge on any atom is -0.492 e. The summed E-state index contributed by atoms with van der Waals surface area (Å²) in [5.74, 6) is 0.846. The van der Waals surface area contributed by atoms with Crippen LogP contribution in [0, 0.1) is 5.92 Å². The maximum Gasteiger partial charge on any atom is 0.414 e. The van der Waals surface area contributed by atoms with Gasteiger partial charge in [0, 0.05) is 29.5 Å². The summed E-state index contributed by atoms with van der Waals surface area (Å²) in [6, 6.07) is 8.43. The Balaban J connectivity index is 1.61. The lowest BCUT2D eigenvalue weighted by atomic mass is 9.89. The van der Waals surface area contributed by atoms with Crippen LogP contribution in [0.1, 0.15) is 63.2 Å². The first kappa shape index (κ1) is 25.8. The first-order chi connectivity index (χ1) is 16.2. The largest absolute Gasteiger partial charge is 0.492 e. The van der Waals surface area contributed by atoms with E-state index in [0.29, 0.717) is 34.5 Å². The van der Waals surface area contributed by atoms with Crippen molar-refractivity contribution in [2.24, 2.45) is 5.92 Å². The highest BCUT2D eigenvalue weighted by atomic mass is 35.5. The molecule has 0 saturated heterocycles. The topological polar surface area (TPSA) is 80.8 Å². The Morgan fingerprint density at radius 1 is 1.12 bits per heavy atom. The van der Waals surface area contributed by atoms with Gasteiger partial charge in [-0.05, 0) is 69.9 Å². The van der Waals surface area contributed by atoms with Crippen molar-refractivity contribution >= 4 is 29.3 Å². The smallest absolute Gasteiger partial charge is 0.414 e. The number of nitrogens with one attached hydrogen (secondary N) is 1. The van der Waals surface area contributed by atoms with Gasteiger partial charge in [0.2, 0.25) is 0 Å². The standard InChI is InChI=1S/C26H34ClN3O4/c1-26(2,3)34-25(32)30(22-9-11-28-12-10-22)13-14-33-23-16-20(15-21(27)17-23)24(31)29-18-19-7-5-4-6-8-19/h9-12,15-17,19H,4-8,13-14,18H2,1-3H3,(H,29,31). The molecular weight excluding hydrogens is 454 g/mol. The molecule has 34 heavy (non-hydrogen) atoms. The summed E-state index contributed by atoms with van der Waals surface area (Å²) in [7, 11) is 0. The van der Waals surface area contributed by atoms with E-state index < -0.39 is 11.7 Å². The van der Waals surface area contributed by atoms with Gasteiger partial charge < -0.3 is 14.8 Å². The molecule has 1 N–H and O–H groups in total. The molecular formula is C26H34ClN3O4. The molecule has 0 aliphatic heterocycles. The van der Waals surface area contributed by atoms with Crippen LogP contribution >= 0.6 is 11.6 Å². The average molecular weight is 488 g/mol. The zero-order valence-corrected chi connectivity index (χ0v) is 20.9. The fourth-order valence-electron chi connectivity index (χ4n) is 3.93. The van der Waals surface area contributed by atoms with Crippen molar-refractivity contribution in [3.05, 3.63) is 53.3 Å². The van der Waals surface area contributed by atoms with E-state index in [1.165, 1.54) is 24.2 Å². The number of halogens is 1. The fourth-order valence-corrected chi connectivity index (χ4v) is 4.15. The summed E-state index contributed by atoms with van der Waals surface area (Å²) in [5.41, 5.74) is 0.481. The normalized spacial score (nSPS) is 14.4. The van der Waals surface area contributed by atoms with Crippen LogP contribution < -0.4 is 15.0 Å². The summed E-state index contributed by atoms with van der Waals surface area (Å²) in [5, 5.41) is 3.44. The number of hydrogen-bond acceptors (Lipinski definition) is 5. The quantitative estimate of drug-likeness (QED) is 0.504. The molecule has 1 aliphatic carbocycles. The molecule has 0 unspecified atom stereocenters. The molecule has 8 heteroatoms. The summed E-state index contributed by atoms with van der Waals surface area (Å²) in [6.07, 6.45) is 8.82. The van der Waals surface area contributed by atoms with Gasteiger partial charge in [-0.3, -0.25) is 14.7 Å². The Bertz CT molecular complexity index is 956. The van der Waals surface area contributed by atoms with Crippen molar-refractivity contribution < 1.29 is 19.1 Å². The number of amides is 2. The summed E-state index contributed by atoms with van der Waals surface area (Å²) in [4.78, 5) is 30.9. The Labute approximate surface area is 206 Å². The number of anilines is 1. The SMILES string of the molecule is CC(C)(C)OC(=O)N(CCOc1cc(Cl)cc(C(=O)NCC2CCCCC2)c1)c1ccncc1. The van der Waals surface area contributed by atoms with E-state index in [1.807, 2.05) is 20.8 Å². The van der Waals surface area contributed by atoms with Gasteiger partial charge in [0.1, 0.15) is 18.0 Å². The number of pyridine rings is 1. The van der Waals surface area contributed by atoms with Crippen LogP contribution in [0.2, 0.25) is 5.02 Å². The minimum atomic E-state index is -0.629. The van der Waals surface area contributed by atoms with Gasteiger partial charge in [-0.1, -0.05) is 30.9 Å². The van der Waals surface area contributed by atoms with E-state index in [1.54, 1.807) is 42.7 Å². The highest BCUT2D eigenvalue weighted by Gasteiger charge is 2.23. The molecule has 1 saturated carbocycles. The van der Waals surface area contributed by atoms with Crippen molar-refractivity contribution in [1.82, 2.24) is 10.3 Å². The van der Waals surface area contributed by atoms with Gasteiger partial charge in [0.15, 0.2) is 0 Å². The number of ether oxygens (including phenoxy) is 2. The molecule has 1 aromatic carbocycles. The molecule has 3 rings (SSSR count). The van der Waals surface area contributed by atoms with Crippen LogP contribution in [0.4, 0.5) is 10.5 Å². The van der Waals surface area contributed by atoms with Crippen molar-refractivity contribution in [3.8, 4) is 5.75 Å². The molecule has 2 aromatic rings. The molecule has 0 bridgehead atoms. The number of aromatic nitrogens is 1. The number of rotatable bonds is 8. The third-order valence-corrected chi connectivity index (χ3v) is 5.80. The Morgan fingerprint density at radius 2 is 1.82 bits per heavy atom. The minimum absolute atomic E-state index is 0.162. The van der Waals surface area contributed by atoms with E-state index in [9.17, 15) is 9.59 Å². The summed E-state index contributed by atoms with van der Waals surface area (Å²) >= 11 is 6.25. The highest BCUT2D eigenvalue weighted by Crippen LogP contribution is 2.24. The van der Waals surface area contributed by atoms with E-state index in [4.69, 9.17) is 21.1 Å². The van der Waals surface area contributed by atoms with Crippen molar-refractivity contribution in [2.45, 2.75) is 58.5 Å². The second-order valence-corrected chi connectivity index (χ2v) is 10.0. The van der Waals surface area contributed by atoms with Crippen molar-refractivity contribution in [1.29, 1.82) is 0 Å².